The zero-order valence-corrected chi connectivity index (χ0v) is 17.5. The number of hydrogen-bond donors (Lipinski definition) is 3. The first kappa shape index (κ1) is 24.0. The Balaban J connectivity index is 1.97. The van der Waals surface area contributed by atoms with Gasteiger partial charge in [0.05, 0.1) is 6.04 Å². The summed E-state index contributed by atoms with van der Waals surface area (Å²) in [5.74, 6) is 0.778. The number of hydrogen-bond acceptors (Lipinski definition) is 4. The largest absolute Gasteiger partial charge is 0.484 e. The number of aliphatic imine (C=N–C) groups is 1. The fourth-order valence-electron chi connectivity index (χ4n) is 2.47. The van der Waals surface area contributed by atoms with Gasteiger partial charge in [-0.1, -0.05) is 13.8 Å². The average molecular weight is 437 g/mol. The normalized spacial score (nSPS) is 13.1. The van der Waals surface area contributed by atoms with Crippen LogP contribution in [0.1, 0.15) is 42.7 Å². The van der Waals surface area contributed by atoms with Crippen molar-refractivity contribution in [3.05, 3.63) is 53.7 Å². The van der Waals surface area contributed by atoms with Gasteiger partial charge in [0.15, 0.2) is 12.6 Å². The molecule has 7 nitrogen and oxygen atoms in total. The van der Waals surface area contributed by atoms with E-state index in [9.17, 15) is 18.0 Å². The Morgan fingerprint density at radius 2 is 1.87 bits per heavy atom. The number of nitrogens with zero attached hydrogens (tertiary/aromatic N) is 2. The van der Waals surface area contributed by atoms with Crippen LogP contribution in [-0.4, -0.2) is 36.2 Å². The van der Waals surface area contributed by atoms with E-state index < -0.39 is 12.8 Å². The van der Waals surface area contributed by atoms with E-state index in [1.807, 2.05) is 13.8 Å². The second-order valence-corrected chi connectivity index (χ2v) is 7.34. The first-order valence-corrected chi connectivity index (χ1v) is 9.67. The summed E-state index contributed by atoms with van der Waals surface area (Å²) in [6.45, 7) is 5.06. The highest BCUT2D eigenvalue weighted by Crippen LogP contribution is 2.20. The Labute approximate surface area is 178 Å². The van der Waals surface area contributed by atoms with E-state index in [1.54, 1.807) is 25.3 Å². The third-order valence-electron chi connectivity index (χ3n) is 4.03. The number of carbonyl (C=O) groups excluding carboxylic acids is 1. The molecule has 31 heavy (non-hydrogen) atoms. The molecule has 168 valence electrons. The van der Waals surface area contributed by atoms with Crippen LogP contribution in [0.3, 0.4) is 0 Å². The molecule has 10 heteroatoms. The molecule has 0 aliphatic rings. The van der Waals surface area contributed by atoms with Gasteiger partial charge in [0.2, 0.25) is 0 Å². The van der Waals surface area contributed by atoms with E-state index in [0.29, 0.717) is 23.8 Å². The number of carbonyl (C=O) groups is 1. The van der Waals surface area contributed by atoms with Crippen LogP contribution in [0, 0.1) is 5.92 Å². The number of amides is 1. The molecule has 0 aliphatic carbocycles. The first-order valence-electron chi connectivity index (χ1n) is 9.67. The molecular weight excluding hydrogens is 411 g/mol. The number of alkyl halides is 3. The highest BCUT2D eigenvalue weighted by molar-refractivity contribution is 5.94. The molecule has 2 rings (SSSR count). The molecule has 0 saturated carbocycles. The molecule has 1 amide bonds. The number of aromatic nitrogens is 1. The zero-order valence-electron chi connectivity index (χ0n) is 17.5. The maximum atomic E-state index is 12.5. The van der Waals surface area contributed by atoms with Crippen molar-refractivity contribution in [2.24, 2.45) is 16.6 Å². The summed E-state index contributed by atoms with van der Waals surface area (Å²) < 4.78 is 41.3. The van der Waals surface area contributed by atoms with Crippen molar-refractivity contribution < 1.29 is 22.7 Å². The molecule has 1 aromatic carbocycles. The quantitative estimate of drug-likeness (QED) is 0.430. The minimum absolute atomic E-state index is 0.0310. The Morgan fingerprint density at radius 3 is 2.48 bits per heavy atom. The summed E-state index contributed by atoms with van der Waals surface area (Å²) in [6, 6.07) is 8.59. The molecule has 1 atom stereocenters. The molecule has 1 unspecified atom stereocenters. The minimum atomic E-state index is -4.42. The van der Waals surface area contributed by atoms with Gasteiger partial charge in [0, 0.05) is 18.3 Å². The van der Waals surface area contributed by atoms with E-state index in [1.165, 1.54) is 24.3 Å². The predicted molar refractivity (Wildman–Crippen MR) is 113 cm³/mol. The van der Waals surface area contributed by atoms with Gasteiger partial charge >= 0.3 is 6.18 Å². The van der Waals surface area contributed by atoms with Crippen LogP contribution in [0.4, 0.5) is 19.0 Å². The molecule has 0 spiro atoms. The lowest BCUT2D eigenvalue weighted by Crippen LogP contribution is -2.27. The average Bonchev–Trinajstić information content (AvgIpc) is 2.70. The highest BCUT2D eigenvalue weighted by atomic mass is 19.4. The number of ether oxygens (including phenoxy) is 1. The number of pyridine rings is 1. The Hall–Kier alpha value is -3.30. The van der Waals surface area contributed by atoms with Crippen LogP contribution in [0.5, 0.6) is 5.75 Å². The second kappa shape index (κ2) is 10.6. The van der Waals surface area contributed by atoms with Crippen molar-refractivity contribution in [3.63, 3.8) is 0 Å². The van der Waals surface area contributed by atoms with Crippen molar-refractivity contribution in [2.75, 3.05) is 18.5 Å². The molecule has 2 aromatic rings. The number of anilines is 1. The lowest BCUT2D eigenvalue weighted by molar-refractivity contribution is -0.153. The van der Waals surface area contributed by atoms with Gasteiger partial charge in [-0.25, -0.2) is 4.98 Å². The summed E-state index contributed by atoms with van der Waals surface area (Å²) in [6.07, 6.45) is -2.84. The van der Waals surface area contributed by atoms with E-state index in [4.69, 9.17) is 5.73 Å². The number of halogens is 3. The van der Waals surface area contributed by atoms with E-state index in [-0.39, 0.29) is 23.7 Å². The number of nitrogens with one attached hydrogen (secondary N) is 2. The number of guanidine groups is 1. The fourth-order valence-corrected chi connectivity index (χ4v) is 2.47. The van der Waals surface area contributed by atoms with Crippen LogP contribution >= 0.6 is 0 Å². The lowest BCUT2D eigenvalue weighted by Gasteiger charge is -2.16. The second-order valence-electron chi connectivity index (χ2n) is 7.34. The SMILES string of the molecule is CC(C)CN=C(N)Nc1cc(C(C)NC(=O)c2ccc(OCC(F)(F)F)cc2)ccn1. The van der Waals surface area contributed by atoms with Gasteiger partial charge in [0.1, 0.15) is 11.6 Å². The van der Waals surface area contributed by atoms with Crippen molar-refractivity contribution >= 4 is 17.7 Å². The molecule has 0 radical (unpaired) electrons. The van der Waals surface area contributed by atoms with E-state index >= 15 is 0 Å². The van der Waals surface area contributed by atoms with Gasteiger partial charge in [-0.05, 0) is 54.8 Å². The highest BCUT2D eigenvalue weighted by Gasteiger charge is 2.28. The van der Waals surface area contributed by atoms with Gasteiger partial charge in [-0.2, -0.15) is 13.2 Å². The van der Waals surface area contributed by atoms with Crippen LogP contribution in [0.15, 0.2) is 47.6 Å². The lowest BCUT2D eigenvalue weighted by atomic mass is 10.1. The van der Waals surface area contributed by atoms with E-state index in [0.717, 1.165) is 5.56 Å². The van der Waals surface area contributed by atoms with Gasteiger partial charge in [0.25, 0.3) is 5.91 Å². The van der Waals surface area contributed by atoms with Crippen LogP contribution in [-0.2, 0) is 0 Å². The number of rotatable bonds is 8. The van der Waals surface area contributed by atoms with Crippen molar-refractivity contribution in [3.8, 4) is 5.75 Å². The molecule has 0 bridgehead atoms. The minimum Gasteiger partial charge on any atom is -0.484 e. The van der Waals surface area contributed by atoms with Crippen molar-refractivity contribution in [1.29, 1.82) is 0 Å². The summed E-state index contributed by atoms with van der Waals surface area (Å²) in [5.41, 5.74) is 6.93. The summed E-state index contributed by atoms with van der Waals surface area (Å²) in [7, 11) is 0. The van der Waals surface area contributed by atoms with Crippen molar-refractivity contribution in [2.45, 2.75) is 33.0 Å². The Morgan fingerprint density at radius 1 is 1.19 bits per heavy atom. The van der Waals surface area contributed by atoms with Crippen LogP contribution < -0.4 is 21.1 Å². The monoisotopic (exact) mass is 437 g/mol. The maximum Gasteiger partial charge on any atom is 0.422 e. The van der Waals surface area contributed by atoms with Crippen LogP contribution in [0.2, 0.25) is 0 Å². The number of benzene rings is 1. The van der Waals surface area contributed by atoms with Gasteiger partial charge < -0.3 is 21.1 Å². The van der Waals surface area contributed by atoms with Crippen molar-refractivity contribution in [1.82, 2.24) is 10.3 Å². The smallest absolute Gasteiger partial charge is 0.422 e. The Kier molecular flexibility index (Phi) is 8.23. The number of nitrogens with two attached hydrogens (primary N) is 1. The van der Waals surface area contributed by atoms with E-state index in [2.05, 4.69) is 25.3 Å². The summed E-state index contributed by atoms with van der Waals surface area (Å²) in [5, 5.41) is 5.75. The third-order valence-corrected chi connectivity index (χ3v) is 4.03. The standard InChI is InChI=1S/C21H26F3N5O2/c1-13(2)11-27-20(25)29-18-10-16(8-9-26-18)14(3)28-19(30)15-4-6-17(7-5-15)31-12-21(22,23)24/h4-10,13-14H,11-12H2,1-3H3,(H,28,30)(H3,25,26,27,29). The fraction of sp³-hybridized carbons (Fsp3) is 0.381. The summed E-state index contributed by atoms with van der Waals surface area (Å²) >= 11 is 0. The molecular formula is C21H26F3N5O2. The Bertz CT molecular complexity index is 899. The molecule has 4 N–H and O–H groups in total. The van der Waals surface area contributed by atoms with Gasteiger partial charge in [-0.3, -0.25) is 9.79 Å². The molecule has 1 heterocycles. The summed E-state index contributed by atoms with van der Waals surface area (Å²) in [4.78, 5) is 20.9. The zero-order chi connectivity index (χ0) is 23.0. The molecule has 0 fully saturated rings. The predicted octanol–water partition coefficient (Wildman–Crippen LogP) is 3.90. The topological polar surface area (TPSA) is 102 Å². The molecule has 0 saturated heterocycles. The molecule has 1 aromatic heterocycles. The first-order chi connectivity index (χ1) is 14.5. The molecule has 0 aliphatic heterocycles. The van der Waals surface area contributed by atoms with Gasteiger partial charge in [-0.15, -0.1) is 0 Å². The third kappa shape index (κ3) is 8.53. The van der Waals surface area contributed by atoms with Crippen LogP contribution in [0.25, 0.3) is 0 Å². The maximum absolute atomic E-state index is 12.5.